The zero-order chi connectivity index (χ0) is 17.6. The Morgan fingerprint density at radius 2 is 2.40 bits per heavy atom. The molecular weight excluding hydrogens is 327 g/mol. The van der Waals surface area contributed by atoms with E-state index in [1.54, 1.807) is 24.0 Å². The van der Waals surface area contributed by atoms with Gasteiger partial charge in [0.05, 0.1) is 6.10 Å². The molecule has 1 aliphatic heterocycles. The van der Waals surface area contributed by atoms with E-state index < -0.39 is 0 Å². The van der Waals surface area contributed by atoms with Crippen molar-refractivity contribution in [3.63, 3.8) is 0 Å². The van der Waals surface area contributed by atoms with Crippen molar-refractivity contribution in [3.05, 3.63) is 47.4 Å². The number of hydrogen-bond acceptors (Lipinski definition) is 5. The van der Waals surface area contributed by atoms with Crippen molar-refractivity contribution in [1.82, 2.24) is 20.4 Å². The highest BCUT2D eigenvalue weighted by molar-refractivity contribution is 5.74. The van der Waals surface area contributed by atoms with Crippen LogP contribution in [0, 0.1) is 12.7 Å². The van der Waals surface area contributed by atoms with Gasteiger partial charge in [0.25, 0.3) is 5.89 Å². The number of likely N-dealkylation sites (tertiary alicyclic amines) is 1. The number of nitrogens with zero attached hydrogens (tertiary/aromatic N) is 3. The maximum absolute atomic E-state index is 13.2. The van der Waals surface area contributed by atoms with E-state index in [4.69, 9.17) is 9.26 Å². The zero-order valence-electron chi connectivity index (χ0n) is 14.1. The van der Waals surface area contributed by atoms with Gasteiger partial charge in [-0.2, -0.15) is 4.98 Å². The van der Waals surface area contributed by atoms with Crippen LogP contribution in [-0.2, 0) is 17.9 Å². The van der Waals surface area contributed by atoms with Gasteiger partial charge in [0, 0.05) is 19.6 Å². The van der Waals surface area contributed by atoms with E-state index in [1.807, 2.05) is 0 Å². The quantitative estimate of drug-likeness (QED) is 0.897. The number of aryl methyl sites for hydroxylation is 1. The number of carbonyl (C=O) groups is 1. The summed E-state index contributed by atoms with van der Waals surface area (Å²) in [5.74, 6) is 0.695. The Kier molecular flexibility index (Phi) is 5.60. The molecule has 0 aliphatic carbocycles. The second-order valence-electron chi connectivity index (χ2n) is 6.05. The van der Waals surface area contributed by atoms with Gasteiger partial charge in [-0.3, -0.25) is 0 Å². The lowest BCUT2D eigenvalue weighted by atomic mass is 10.1. The Morgan fingerprint density at radius 1 is 1.52 bits per heavy atom. The molecule has 2 heterocycles. The molecular formula is C17H21FN4O3. The van der Waals surface area contributed by atoms with Crippen LogP contribution in [0.1, 0.15) is 30.1 Å². The summed E-state index contributed by atoms with van der Waals surface area (Å²) in [5, 5.41) is 6.53. The maximum atomic E-state index is 13.2. The number of nitrogens with one attached hydrogen (secondary N) is 1. The summed E-state index contributed by atoms with van der Waals surface area (Å²) < 4.78 is 24.0. The number of hydrogen-bond donors (Lipinski definition) is 1. The fourth-order valence-corrected chi connectivity index (χ4v) is 2.78. The largest absolute Gasteiger partial charge is 0.367 e. The lowest BCUT2D eigenvalue weighted by molar-refractivity contribution is -0.0103. The number of amides is 2. The molecule has 2 amide bonds. The van der Waals surface area contributed by atoms with Crippen LogP contribution in [-0.4, -0.2) is 40.3 Å². The molecule has 134 valence electrons. The Morgan fingerprint density at radius 3 is 3.16 bits per heavy atom. The number of piperidine rings is 1. The summed E-state index contributed by atoms with van der Waals surface area (Å²) in [6, 6.07) is 6.02. The third-order valence-electron chi connectivity index (χ3n) is 4.01. The van der Waals surface area contributed by atoms with Gasteiger partial charge in [-0.25, -0.2) is 9.18 Å². The first-order valence-electron chi connectivity index (χ1n) is 8.28. The molecule has 1 fully saturated rings. The van der Waals surface area contributed by atoms with Crippen LogP contribution in [0.5, 0.6) is 0 Å². The van der Waals surface area contributed by atoms with Crippen molar-refractivity contribution in [3.8, 4) is 0 Å². The minimum atomic E-state index is -0.311. The van der Waals surface area contributed by atoms with E-state index in [2.05, 4.69) is 15.5 Å². The average Bonchev–Trinajstić information content (AvgIpc) is 3.03. The van der Waals surface area contributed by atoms with E-state index >= 15 is 0 Å². The smallest absolute Gasteiger partial charge is 0.317 e. The molecule has 1 atom stereocenters. The molecule has 3 rings (SSSR count). The van der Waals surface area contributed by atoms with Crippen molar-refractivity contribution in [2.45, 2.75) is 39.0 Å². The SMILES string of the molecule is Cc1noc(COC2CCCN(C(=O)NCc3cccc(F)c3)C2)n1. The number of benzene rings is 1. The third kappa shape index (κ3) is 4.99. The summed E-state index contributed by atoms with van der Waals surface area (Å²) in [6.45, 7) is 3.46. The predicted octanol–water partition coefficient (Wildman–Crippen LogP) is 2.41. The molecule has 0 saturated carbocycles. The van der Waals surface area contributed by atoms with Crippen LogP contribution in [0.15, 0.2) is 28.8 Å². The van der Waals surface area contributed by atoms with Gasteiger partial charge in [0.15, 0.2) is 5.82 Å². The number of aromatic nitrogens is 2. The predicted molar refractivity (Wildman–Crippen MR) is 87.1 cm³/mol. The van der Waals surface area contributed by atoms with E-state index in [-0.39, 0.29) is 24.6 Å². The molecule has 1 unspecified atom stereocenters. The molecule has 0 bridgehead atoms. The van der Waals surface area contributed by atoms with Gasteiger partial charge in [-0.15, -0.1) is 0 Å². The lowest BCUT2D eigenvalue weighted by Gasteiger charge is -2.32. The summed E-state index contributed by atoms with van der Waals surface area (Å²) in [4.78, 5) is 18.1. The molecule has 7 nitrogen and oxygen atoms in total. The van der Waals surface area contributed by atoms with Crippen molar-refractivity contribution in [2.24, 2.45) is 0 Å². The first-order chi connectivity index (χ1) is 12.1. The maximum Gasteiger partial charge on any atom is 0.317 e. The van der Waals surface area contributed by atoms with Crippen LogP contribution < -0.4 is 5.32 Å². The van der Waals surface area contributed by atoms with E-state index in [1.165, 1.54) is 12.1 Å². The monoisotopic (exact) mass is 348 g/mol. The van der Waals surface area contributed by atoms with E-state index in [9.17, 15) is 9.18 Å². The molecule has 1 aliphatic rings. The summed E-state index contributed by atoms with van der Waals surface area (Å²) in [5.41, 5.74) is 0.727. The molecule has 1 saturated heterocycles. The number of ether oxygens (including phenoxy) is 1. The second-order valence-corrected chi connectivity index (χ2v) is 6.05. The van der Waals surface area contributed by atoms with Gasteiger partial charge >= 0.3 is 6.03 Å². The van der Waals surface area contributed by atoms with E-state index in [0.717, 1.165) is 18.4 Å². The van der Waals surface area contributed by atoms with Gasteiger partial charge in [0.2, 0.25) is 0 Å². The van der Waals surface area contributed by atoms with Gasteiger partial charge in [-0.1, -0.05) is 17.3 Å². The number of urea groups is 1. The van der Waals surface area contributed by atoms with Crippen molar-refractivity contribution >= 4 is 6.03 Å². The summed E-state index contributed by atoms with van der Waals surface area (Å²) >= 11 is 0. The standard InChI is InChI=1S/C17H21FN4O3/c1-12-20-16(25-21-12)11-24-15-6-3-7-22(10-15)17(23)19-9-13-4-2-5-14(18)8-13/h2,4-5,8,15H,3,6-7,9-11H2,1H3,(H,19,23). The molecule has 2 aromatic rings. The number of carbonyl (C=O) groups excluding carboxylic acids is 1. The molecule has 1 aromatic heterocycles. The highest BCUT2D eigenvalue weighted by Crippen LogP contribution is 2.15. The fraction of sp³-hybridized carbons (Fsp3) is 0.471. The first-order valence-corrected chi connectivity index (χ1v) is 8.28. The van der Waals surface area contributed by atoms with Crippen LogP contribution >= 0.6 is 0 Å². The topological polar surface area (TPSA) is 80.5 Å². The van der Waals surface area contributed by atoms with Crippen molar-refractivity contribution in [2.75, 3.05) is 13.1 Å². The molecule has 1 aromatic carbocycles. The summed E-state index contributed by atoms with van der Waals surface area (Å²) in [6.07, 6.45) is 1.67. The van der Waals surface area contributed by atoms with Crippen LogP contribution in [0.3, 0.4) is 0 Å². The molecule has 0 spiro atoms. The Bertz CT molecular complexity index is 721. The fourth-order valence-electron chi connectivity index (χ4n) is 2.78. The van der Waals surface area contributed by atoms with Gasteiger partial charge in [-0.05, 0) is 37.5 Å². The highest BCUT2D eigenvalue weighted by Gasteiger charge is 2.24. The Balaban J connectivity index is 1.46. The van der Waals surface area contributed by atoms with Crippen LogP contribution in [0.2, 0.25) is 0 Å². The van der Waals surface area contributed by atoms with Crippen molar-refractivity contribution in [1.29, 1.82) is 0 Å². The van der Waals surface area contributed by atoms with Gasteiger partial charge < -0.3 is 19.5 Å². The molecule has 0 radical (unpaired) electrons. The minimum Gasteiger partial charge on any atom is -0.367 e. The normalized spacial score (nSPS) is 17.5. The highest BCUT2D eigenvalue weighted by atomic mass is 19.1. The van der Waals surface area contributed by atoms with E-state index in [0.29, 0.717) is 31.3 Å². The minimum absolute atomic E-state index is 0.0686. The molecule has 25 heavy (non-hydrogen) atoms. The van der Waals surface area contributed by atoms with Crippen molar-refractivity contribution < 1.29 is 18.4 Å². The van der Waals surface area contributed by atoms with Crippen LogP contribution in [0.4, 0.5) is 9.18 Å². The number of halogens is 1. The summed E-state index contributed by atoms with van der Waals surface area (Å²) in [7, 11) is 0. The van der Waals surface area contributed by atoms with Gasteiger partial charge in [0.1, 0.15) is 12.4 Å². The molecule has 1 N–H and O–H groups in total. The second kappa shape index (κ2) is 8.06. The molecule has 8 heteroatoms. The van der Waals surface area contributed by atoms with Crippen LogP contribution in [0.25, 0.3) is 0 Å². The Labute approximate surface area is 145 Å². The lowest BCUT2D eigenvalue weighted by Crippen LogP contribution is -2.47. The Hall–Kier alpha value is -2.48. The number of rotatable bonds is 5. The third-order valence-corrected chi connectivity index (χ3v) is 4.01. The average molecular weight is 348 g/mol. The first kappa shape index (κ1) is 17.3. The zero-order valence-corrected chi connectivity index (χ0v) is 14.1.